The summed E-state index contributed by atoms with van der Waals surface area (Å²) in [6.45, 7) is 8.62. The summed E-state index contributed by atoms with van der Waals surface area (Å²) in [5.74, 6) is 1.15. The van der Waals surface area contributed by atoms with Crippen molar-refractivity contribution < 1.29 is 14.3 Å². The van der Waals surface area contributed by atoms with Gasteiger partial charge in [-0.05, 0) is 80.1 Å². The molecule has 0 saturated heterocycles. The second-order valence-electron chi connectivity index (χ2n) is 10.7. The Morgan fingerprint density at radius 2 is 1.87 bits per heavy atom. The summed E-state index contributed by atoms with van der Waals surface area (Å²) in [6, 6.07) is 15.7. The average molecular weight is 584 g/mol. The minimum Gasteiger partial charge on any atom is -0.444 e. The molecule has 38 heavy (non-hydrogen) atoms. The lowest BCUT2D eigenvalue weighted by Crippen LogP contribution is -2.49. The molecule has 0 unspecified atom stereocenters. The number of rotatable bonds is 8. The zero-order chi connectivity index (χ0) is 27.4. The van der Waals surface area contributed by atoms with E-state index in [1.165, 1.54) is 0 Å². The Hall–Kier alpha value is -3.40. The number of alkyl carbamates (subject to hydrolysis) is 1. The van der Waals surface area contributed by atoms with Gasteiger partial charge in [-0.25, -0.2) is 9.78 Å². The van der Waals surface area contributed by atoms with Crippen LogP contribution in [0, 0.1) is 12.8 Å². The lowest BCUT2D eigenvalue weighted by Gasteiger charge is -2.44. The third-order valence-electron chi connectivity index (χ3n) is 6.49. The molecule has 3 aromatic rings. The van der Waals surface area contributed by atoms with Crippen LogP contribution in [0.15, 0.2) is 53.1 Å². The second kappa shape index (κ2) is 11.6. The van der Waals surface area contributed by atoms with E-state index in [1.807, 2.05) is 59.0 Å². The van der Waals surface area contributed by atoms with Crippen molar-refractivity contribution in [2.45, 2.75) is 58.7 Å². The molecule has 1 aromatic carbocycles. The molecular weight excluding hydrogens is 548 g/mol. The standard InChI is InChI=1S/C28H35BrN6O3/c1-18-13-24(33-34(18)5)32-26(36)22-11-12-23(29)31-25(22)35(17-19-9-7-6-8-10-19)21-14-20(15-21)16-30-27(37)38-28(2,3)4/h6-13,20-21H,14-17H2,1-5H3,(H,30,37)(H,32,33,36). The van der Waals surface area contributed by atoms with Crippen LogP contribution in [0.5, 0.6) is 0 Å². The van der Waals surface area contributed by atoms with Gasteiger partial charge in [-0.3, -0.25) is 9.48 Å². The third kappa shape index (κ3) is 7.12. The van der Waals surface area contributed by atoms with E-state index in [0.717, 1.165) is 24.1 Å². The average Bonchev–Trinajstić information content (AvgIpc) is 3.12. The maximum absolute atomic E-state index is 13.4. The Bertz CT molecular complexity index is 1260. The van der Waals surface area contributed by atoms with Crippen LogP contribution >= 0.6 is 15.9 Å². The third-order valence-corrected chi connectivity index (χ3v) is 6.94. The molecule has 2 aromatic heterocycles. The summed E-state index contributed by atoms with van der Waals surface area (Å²) in [5.41, 5.74) is 2.01. The van der Waals surface area contributed by atoms with Gasteiger partial charge in [-0.1, -0.05) is 30.3 Å². The van der Waals surface area contributed by atoms with Crippen LogP contribution in [0.2, 0.25) is 0 Å². The van der Waals surface area contributed by atoms with E-state index in [2.05, 4.69) is 48.7 Å². The monoisotopic (exact) mass is 582 g/mol. The van der Waals surface area contributed by atoms with Crippen molar-refractivity contribution in [3.8, 4) is 0 Å². The summed E-state index contributed by atoms with van der Waals surface area (Å²) in [7, 11) is 1.84. The summed E-state index contributed by atoms with van der Waals surface area (Å²) in [5, 5.41) is 10.2. The molecule has 4 rings (SSSR count). The summed E-state index contributed by atoms with van der Waals surface area (Å²) in [6.07, 6.45) is 1.31. The maximum Gasteiger partial charge on any atom is 0.407 e. The van der Waals surface area contributed by atoms with Gasteiger partial charge in [0.15, 0.2) is 5.82 Å². The summed E-state index contributed by atoms with van der Waals surface area (Å²) < 4.78 is 7.74. The Balaban J connectivity index is 1.53. The zero-order valence-corrected chi connectivity index (χ0v) is 24.1. The highest BCUT2D eigenvalue weighted by Gasteiger charge is 2.36. The number of benzene rings is 1. The second-order valence-corrected chi connectivity index (χ2v) is 11.6. The van der Waals surface area contributed by atoms with E-state index in [9.17, 15) is 9.59 Å². The highest BCUT2D eigenvalue weighted by atomic mass is 79.9. The van der Waals surface area contributed by atoms with Gasteiger partial charge in [0.05, 0.1) is 5.56 Å². The molecule has 2 N–H and O–H groups in total. The molecule has 1 aliphatic rings. The molecule has 2 amide bonds. The first kappa shape index (κ1) is 27.6. The number of hydrogen-bond acceptors (Lipinski definition) is 6. The largest absolute Gasteiger partial charge is 0.444 e. The van der Waals surface area contributed by atoms with Crippen molar-refractivity contribution >= 4 is 39.6 Å². The smallest absolute Gasteiger partial charge is 0.407 e. The molecule has 1 fully saturated rings. The summed E-state index contributed by atoms with van der Waals surface area (Å²) >= 11 is 3.50. The molecule has 10 heteroatoms. The molecule has 0 aliphatic heterocycles. The number of aromatic nitrogens is 3. The number of carbonyl (C=O) groups excluding carboxylic acids is 2. The number of ether oxygens (including phenoxy) is 1. The van der Waals surface area contributed by atoms with Gasteiger partial charge in [0.2, 0.25) is 0 Å². The van der Waals surface area contributed by atoms with E-state index in [0.29, 0.717) is 40.8 Å². The molecule has 0 bridgehead atoms. The minimum atomic E-state index is -0.532. The fourth-order valence-corrected chi connectivity index (χ4v) is 4.75. The molecule has 9 nitrogen and oxygen atoms in total. The number of aryl methyl sites for hydroxylation is 2. The van der Waals surface area contributed by atoms with E-state index in [1.54, 1.807) is 16.8 Å². The normalized spacial score (nSPS) is 16.9. The predicted molar refractivity (Wildman–Crippen MR) is 151 cm³/mol. The molecule has 2 heterocycles. The molecule has 0 atom stereocenters. The number of halogens is 1. The van der Waals surface area contributed by atoms with Gasteiger partial charge in [-0.2, -0.15) is 5.10 Å². The van der Waals surface area contributed by atoms with Crippen LogP contribution in [-0.4, -0.2) is 45.0 Å². The topological polar surface area (TPSA) is 101 Å². The van der Waals surface area contributed by atoms with Gasteiger partial charge in [0.1, 0.15) is 16.0 Å². The van der Waals surface area contributed by atoms with E-state index >= 15 is 0 Å². The Morgan fingerprint density at radius 3 is 2.50 bits per heavy atom. The van der Waals surface area contributed by atoms with E-state index in [-0.39, 0.29) is 11.9 Å². The van der Waals surface area contributed by atoms with Crippen LogP contribution in [0.1, 0.15) is 55.2 Å². The first-order valence-electron chi connectivity index (χ1n) is 12.7. The van der Waals surface area contributed by atoms with Gasteiger partial charge >= 0.3 is 6.09 Å². The maximum atomic E-state index is 13.4. The van der Waals surface area contributed by atoms with E-state index < -0.39 is 11.7 Å². The van der Waals surface area contributed by atoms with Gasteiger partial charge in [0, 0.05) is 37.9 Å². The SMILES string of the molecule is Cc1cc(NC(=O)c2ccc(Br)nc2N(Cc2ccccc2)C2CC(CNC(=O)OC(C)(C)C)C2)nn1C. The van der Waals surface area contributed by atoms with Crippen LogP contribution in [0.3, 0.4) is 0 Å². The number of nitrogens with one attached hydrogen (secondary N) is 2. The van der Waals surface area contributed by atoms with Crippen molar-refractivity contribution in [3.05, 3.63) is 70.0 Å². The first-order chi connectivity index (χ1) is 18.0. The fraction of sp³-hybridized carbons (Fsp3) is 0.429. The fourth-order valence-electron chi connectivity index (χ4n) is 4.45. The van der Waals surface area contributed by atoms with Crippen LogP contribution < -0.4 is 15.5 Å². The molecular formula is C28H35BrN6O3. The lowest BCUT2D eigenvalue weighted by molar-refractivity contribution is 0.0506. The van der Waals surface area contributed by atoms with Crippen molar-refractivity contribution in [3.63, 3.8) is 0 Å². The highest BCUT2D eigenvalue weighted by molar-refractivity contribution is 9.10. The van der Waals surface area contributed by atoms with Gasteiger partial charge in [-0.15, -0.1) is 0 Å². The highest BCUT2D eigenvalue weighted by Crippen LogP contribution is 2.37. The number of carbonyl (C=O) groups is 2. The van der Waals surface area contributed by atoms with Crippen molar-refractivity contribution in [1.29, 1.82) is 0 Å². The van der Waals surface area contributed by atoms with Crippen LogP contribution in [-0.2, 0) is 18.3 Å². The predicted octanol–water partition coefficient (Wildman–Crippen LogP) is 5.45. The van der Waals surface area contributed by atoms with Crippen molar-refractivity contribution in [1.82, 2.24) is 20.1 Å². The number of anilines is 2. The molecule has 0 radical (unpaired) electrons. The molecule has 0 spiro atoms. The Labute approximate surface area is 232 Å². The quantitative estimate of drug-likeness (QED) is 0.342. The minimum absolute atomic E-state index is 0.158. The lowest BCUT2D eigenvalue weighted by atomic mass is 9.79. The van der Waals surface area contributed by atoms with Crippen molar-refractivity contribution in [2.24, 2.45) is 13.0 Å². The number of nitrogens with zero attached hydrogens (tertiary/aromatic N) is 4. The molecule has 1 saturated carbocycles. The Morgan fingerprint density at radius 1 is 1.16 bits per heavy atom. The van der Waals surface area contributed by atoms with Crippen molar-refractivity contribution in [2.75, 3.05) is 16.8 Å². The Kier molecular flexibility index (Phi) is 8.40. The summed E-state index contributed by atoms with van der Waals surface area (Å²) in [4.78, 5) is 32.5. The number of hydrogen-bond donors (Lipinski definition) is 2. The number of amides is 2. The first-order valence-corrected chi connectivity index (χ1v) is 13.5. The molecule has 1 aliphatic carbocycles. The molecule has 202 valence electrons. The van der Waals surface area contributed by atoms with E-state index in [4.69, 9.17) is 9.72 Å². The number of pyridine rings is 1. The van der Waals surface area contributed by atoms with Gasteiger partial charge < -0.3 is 20.3 Å². The zero-order valence-electron chi connectivity index (χ0n) is 22.5. The van der Waals surface area contributed by atoms with Crippen LogP contribution in [0.4, 0.5) is 16.4 Å². The van der Waals surface area contributed by atoms with Gasteiger partial charge in [0.25, 0.3) is 5.91 Å². The van der Waals surface area contributed by atoms with Crippen LogP contribution in [0.25, 0.3) is 0 Å².